The molecule has 1 atom stereocenters. The first-order valence-electron chi connectivity index (χ1n) is 7.59. The number of carbonyl (C=O) groups excluding carboxylic acids is 1. The van der Waals surface area contributed by atoms with Gasteiger partial charge in [0.2, 0.25) is 5.88 Å². The van der Waals surface area contributed by atoms with E-state index in [2.05, 4.69) is 4.98 Å². The molecule has 0 saturated carbocycles. The molecule has 0 saturated heterocycles. The minimum atomic E-state index is -0.702. The average molecular weight is 342 g/mol. The number of fused-ring (bicyclic) bond motifs is 1. The van der Waals surface area contributed by atoms with Gasteiger partial charge in [-0.3, -0.25) is 4.79 Å². The third kappa shape index (κ3) is 2.84. The summed E-state index contributed by atoms with van der Waals surface area (Å²) in [5.74, 6) is -0.446. The maximum Gasteiger partial charge on any atom is 0.340 e. The Morgan fingerprint density at radius 2 is 1.92 bits per heavy atom. The number of hydrogen-bond acceptors (Lipinski definition) is 6. The molecule has 0 radical (unpaired) electrons. The van der Waals surface area contributed by atoms with Crippen LogP contribution in [0.2, 0.25) is 0 Å². The van der Waals surface area contributed by atoms with Crippen molar-refractivity contribution in [2.75, 3.05) is 14.2 Å². The van der Waals surface area contributed by atoms with Crippen LogP contribution in [-0.2, 0) is 9.53 Å². The first-order chi connectivity index (χ1) is 12.0. The van der Waals surface area contributed by atoms with Crippen molar-refractivity contribution < 1.29 is 19.0 Å². The van der Waals surface area contributed by atoms with Crippen molar-refractivity contribution in [3.8, 4) is 11.5 Å². The lowest BCUT2D eigenvalue weighted by molar-refractivity contribution is -0.136. The van der Waals surface area contributed by atoms with E-state index in [9.17, 15) is 9.59 Å². The number of esters is 1. The number of ether oxygens (including phenoxy) is 3. The summed E-state index contributed by atoms with van der Waals surface area (Å²) in [7, 11) is 2.81. The molecule has 3 rings (SSSR count). The molecule has 0 unspecified atom stereocenters. The SMILES string of the molecule is COC(=O)C1=C(N)Oc2cc(C)[nH]c(=O)c2[C@H]1c1ccc(OC)cc1. The van der Waals surface area contributed by atoms with Crippen LogP contribution < -0.4 is 20.8 Å². The molecule has 1 aromatic carbocycles. The van der Waals surface area contributed by atoms with E-state index in [0.717, 1.165) is 0 Å². The lowest BCUT2D eigenvalue weighted by atomic mass is 9.83. The van der Waals surface area contributed by atoms with Gasteiger partial charge >= 0.3 is 5.97 Å². The van der Waals surface area contributed by atoms with Gasteiger partial charge in [0, 0.05) is 11.8 Å². The topological polar surface area (TPSA) is 104 Å². The molecule has 1 aromatic heterocycles. The Hall–Kier alpha value is -3.22. The highest BCUT2D eigenvalue weighted by Crippen LogP contribution is 2.41. The molecule has 0 aliphatic carbocycles. The van der Waals surface area contributed by atoms with Gasteiger partial charge in [0.25, 0.3) is 5.56 Å². The summed E-state index contributed by atoms with van der Waals surface area (Å²) < 4.78 is 15.5. The van der Waals surface area contributed by atoms with Crippen LogP contribution in [0.3, 0.4) is 0 Å². The second kappa shape index (κ2) is 6.35. The van der Waals surface area contributed by atoms with Crippen molar-refractivity contribution in [2.45, 2.75) is 12.8 Å². The molecule has 0 spiro atoms. The van der Waals surface area contributed by atoms with Gasteiger partial charge in [-0.05, 0) is 24.6 Å². The average Bonchev–Trinajstić information content (AvgIpc) is 2.59. The van der Waals surface area contributed by atoms with Gasteiger partial charge in [-0.25, -0.2) is 4.79 Å². The Morgan fingerprint density at radius 3 is 2.52 bits per heavy atom. The maximum absolute atomic E-state index is 12.6. The third-order valence-corrected chi connectivity index (χ3v) is 4.09. The molecule has 130 valence electrons. The van der Waals surface area contributed by atoms with E-state index in [0.29, 0.717) is 28.3 Å². The molecule has 7 nitrogen and oxygen atoms in total. The monoisotopic (exact) mass is 342 g/mol. The quantitative estimate of drug-likeness (QED) is 0.821. The number of methoxy groups -OCH3 is 2. The third-order valence-electron chi connectivity index (χ3n) is 4.09. The Balaban J connectivity index is 2.26. The zero-order chi connectivity index (χ0) is 18.1. The minimum absolute atomic E-state index is 0.0785. The molecule has 2 heterocycles. The molecule has 0 fully saturated rings. The van der Waals surface area contributed by atoms with E-state index >= 15 is 0 Å². The van der Waals surface area contributed by atoms with Crippen molar-refractivity contribution in [3.63, 3.8) is 0 Å². The number of benzene rings is 1. The van der Waals surface area contributed by atoms with Gasteiger partial charge in [-0.15, -0.1) is 0 Å². The highest BCUT2D eigenvalue weighted by Gasteiger charge is 2.37. The number of rotatable bonds is 3. The Morgan fingerprint density at radius 1 is 1.24 bits per heavy atom. The standard InChI is InChI=1S/C18H18N2O5/c1-9-8-12-14(17(21)20-9)13(10-4-6-11(23-2)7-5-10)15(16(19)25-12)18(22)24-3/h4-8,13H,19H2,1-3H3,(H,20,21)/t13-/m1/s1. The van der Waals surface area contributed by atoms with Gasteiger partial charge in [-0.2, -0.15) is 0 Å². The van der Waals surface area contributed by atoms with Crippen LogP contribution in [-0.4, -0.2) is 25.2 Å². The lowest BCUT2D eigenvalue weighted by Gasteiger charge is -2.27. The van der Waals surface area contributed by atoms with Crippen molar-refractivity contribution >= 4 is 5.97 Å². The highest BCUT2D eigenvalue weighted by atomic mass is 16.5. The fourth-order valence-electron chi connectivity index (χ4n) is 2.94. The van der Waals surface area contributed by atoms with Gasteiger partial charge in [0.05, 0.1) is 25.7 Å². The van der Waals surface area contributed by atoms with Crippen LogP contribution >= 0.6 is 0 Å². The second-order valence-electron chi connectivity index (χ2n) is 5.64. The zero-order valence-corrected chi connectivity index (χ0v) is 14.1. The fourth-order valence-corrected chi connectivity index (χ4v) is 2.94. The normalized spacial score (nSPS) is 16.0. The van der Waals surface area contributed by atoms with E-state index in [4.69, 9.17) is 19.9 Å². The number of aryl methyl sites for hydroxylation is 1. The number of nitrogens with one attached hydrogen (secondary N) is 1. The summed E-state index contributed by atoms with van der Waals surface area (Å²) >= 11 is 0. The van der Waals surface area contributed by atoms with E-state index < -0.39 is 11.9 Å². The first kappa shape index (κ1) is 16.6. The molecule has 25 heavy (non-hydrogen) atoms. The number of H-pyrrole nitrogens is 1. The summed E-state index contributed by atoms with van der Waals surface area (Å²) in [4.78, 5) is 27.6. The minimum Gasteiger partial charge on any atom is -0.497 e. The van der Waals surface area contributed by atoms with E-state index in [1.807, 2.05) is 0 Å². The summed E-state index contributed by atoms with van der Waals surface area (Å²) in [5, 5.41) is 0. The van der Waals surface area contributed by atoms with Crippen molar-refractivity contribution in [2.24, 2.45) is 5.73 Å². The van der Waals surface area contributed by atoms with Gasteiger partial charge < -0.3 is 24.9 Å². The van der Waals surface area contributed by atoms with E-state index in [1.54, 1.807) is 44.4 Å². The van der Waals surface area contributed by atoms with Gasteiger partial charge in [0.15, 0.2) is 0 Å². The fraction of sp³-hybridized carbons (Fsp3) is 0.222. The van der Waals surface area contributed by atoms with Crippen LogP contribution in [0.25, 0.3) is 0 Å². The van der Waals surface area contributed by atoms with E-state index in [1.165, 1.54) is 7.11 Å². The molecule has 2 aromatic rings. The van der Waals surface area contributed by atoms with Gasteiger partial charge in [-0.1, -0.05) is 12.1 Å². The number of pyridine rings is 1. The predicted molar refractivity (Wildman–Crippen MR) is 90.5 cm³/mol. The maximum atomic E-state index is 12.6. The number of aromatic nitrogens is 1. The molecule has 3 N–H and O–H groups in total. The predicted octanol–water partition coefficient (Wildman–Crippen LogP) is 1.56. The van der Waals surface area contributed by atoms with Gasteiger partial charge in [0.1, 0.15) is 17.1 Å². The highest BCUT2D eigenvalue weighted by molar-refractivity contribution is 5.92. The second-order valence-corrected chi connectivity index (χ2v) is 5.64. The molecule has 1 aliphatic rings. The van der Waals surface area contributed by atoms with Crippen LogP contribution in [0, 0.1) is 6.92 Å². The zero-order valence-electron chi connectivity index (χ0n) is 14.1. The summed E-state index contributed by atoms with van der Waals surface area (Å²) in [6, 6.07) is 8.71. The molecular weight excluding hydrogens is 324 g/mol. The molecule has 7 heteroatoms. The number of aromatic amines is 1. The molecule has 1 aliphatic heterocycles. The molecule has 0 bridgehead atoms. The Labute approximate surface area is 144 Å². The summed E-state index contributed by atoms with van der Waals surface area (Å²) in [6.07, 6.45) is 0. The number of carbonyl (C=O) groups is 1. The lowest BCUT2D eigenvalue weighted by Crippen LogP contribution is -2.31. The van der Waals surface area contributed by atoms with Crippen molar-refractivity contribution in [1.82, 2.24) is 4.98 Å². The van der Waals surface area contributed by atoms with Crippen molar-refractivity contribution in [3.05, 3.63) is 69.0 Å². The van der Waals surface area contributed by atoms with Crippen LogP contribution in [0.4, 0.5) is 0 Å². The Kier molecular flexibility index (Phi) is 4.22. The molecular formula is C18H18N2O5. The smallest absolute Gasteiger partial charge is 0.340 e. The largest absolute Gasteiger partial charge is 0.497 e. The first-order valence-corrected chi connectivity index (χ1v) is 7.59. The van der Waals surface area contributed by atoms with E-state index in [-0.39, 0.29) is 17.0 Å². The van der Waals surface area contributed by atoms with Crippen LogP contribution in [0.15, 0.2) is 46.6 Å². The summed E-state index contributed by atoms with van der Waals surface area (Å²) in [6.45, 7) is 1.74. The molecule has 0 amide bonds. The summed E-state index contributed by atoms with van der Waals surface area (Å²) in [5.41, 5.74) is 7.36. The van der Waals surface area contributed by atoms with Crippen LogP contribution in [0.1, 0.15) is 22.7 Å². The van der Waals surface area contributed by atoms with Crippen molar-refractivity contribution in [1.29, 1.82) is 0 Å². The number of hydrogen-bond donors (Lipinski definition) is 2. The van der Waals surface area contributed by atoms with Crippen LogP contribution in [0.5, 0.6) is 11.5 Å². The Bertz CT molecular complexity index is 912. The number of nitrogens with two attached hydrogens (primary N) is 1.